The maximum Gasteiger partial charge on any atom is 0.311 e. The molecule has 2 aliphatic rings. The van der Waals surface area contributed by atoms with Gasteiger partial charge in [-0.3, -0.25) is 4.79 Å². The Bertz CT molecular complexity index is 661. The predicted molar refractivity (Wildman–Crippen MR) is 135 cm³/mol. The Morgan fingerprint density at radius 3 is 2.03 bits per heavy atom. The van der Waals surface area contributed by atoms with E-state index in [1.165, 1.54) is 89.0 Å². The molecule has 2 fully saturated rings. The van der Waals surface area contributed by atoms with E-state index in [2.05, 4.69) is 38.1 Å². The highest BCUT2D eigenvalue weighted by Crippen LogP contribution is 2.49. The van der Waals surface area contributed by atoms with Gasteiger partial charge in [-0.1, -0.05) is 70.2 Å². The van der Waals surface area contributed by atoms with Gasteiger partial charge < -0.3 is 4.74 Å². The van der Waals surface area contributed by atoms with Crippen molar-refractivity contribution in [1.82, 2.24) is 0 Å². The van der Waals surface area contributed by atoms with Crippen molar-refractivity contribution in [2.45, 2.75) is 122 Å². The van der Waals surface area contributed by atoms with Crippen LogP contribution >= 0.6 is 0 Å². The molecule has 0 N–H and O–H groups in total. The van der Waals surface area contributed by atoms with Crippen molar-refractivity contribution in [3.05, 3.63) is 35.4 Å². The zero-order valence-corrected chi connectivity index (χ0v) is 21.2. The molecule has 0 unspecified atom stereocenters. The molecule has 0 atom stereocenters. The molecule has 0 heterocycles. The van der Waals surface area contributed by atoms with Crippen molar-refractivity contribution < 1.29 is 9.53 Å². The lowest BCUT2D eigenvalue weighted by Gasteiger charge is -2.42. The molecule has 1 aromatic carbocycles. The monoisotopic (exact) mass is 440 g/mol. The molecule has 0 amide bonds. The zero-order chi connectivity index (χ0) is 22.8. The van der Waals surface area contributed by atoms with Gasteiger partial charge in [-0.2, -0.15) is 0 Å². The van der Waals surface area contributed by atoms with Gasteiger partial charge in [-0.05, 0) is 99.5 Å². The molecule has 0 saturated heterocycles. The van der Waals surface area contributed by atoms with E-state index in [-0.39, 0.29) is 11.4 Å². The first-order valence-corrected chi connectivity index (χ1v) is 13.8. The van der Waals surface area contributed by atoms with Crippen molar-refractivity contribution in [3.8, 4) is 0 Å². The van der Waals surface area contributed by atoms with Gasteiger partial charge in [0.25, 0.3) is 0 Å². The minimum absolute atomic E-state index is 0.0638. The Kier molecular flexibility index (Phi) is 10.1. The molecule has 0 bridgehead atoms. The van der Waals surface area contributed by atoms with Crippen LogP contribution in [-0.4, -0.2) is 13.1 Å². The molecule has 0 aliphatic heterocycles. The van der Waals surface area contributed by atoms with Crippen LogP contribution in [0, 0.1) is 17.3 Å². The van der Waals surface area contributed by atoms with E-state index in [9.17, 15) is 4.79 Å². The summed E-state index contributed by atoms with van der Waals surface area (Å²) in [5.74, 6) is 2.50. The Hall–Kier alpha value is -1.31. The molecule has 3 rings (SSSR count). The molecule has 2 saturated carbocycles. The number of carbonyl (C=O) groups excluding carboxylic acids is 1. The summed E-state index contributed by atoms with van der Waals surface area (Å²) in [5.41, 5.74) is 2.88. The largest absolute Gasteiger partial charge is 0.469 e. The molecule has 0 aromatic heterocycles. The van der Waals surface area contributed by atoms with Crippen molar-refractivity contribution in [1.29, 1.82) is 0 Å². The van der Waals surface area contributed by atoms with Gasteiger partial charge >= 0.3 is 5.97 Å². The summed E-state index contributed by atoms with van der Waals surface area (Å²) < 4.78 is 5.26. The fourth-order valence-corrected chi connectivity index (χ4v) is 6.61. The third-order valence-electron chi connectivity index (χ3n) is 8.82. The van der Waals surface area contributed by atoms with E-state index in [4.69, 9.17) is 4.74 Å². The number of unbranched alkanes of at least 4 members (excludes halogenated alkanes) is 4. The predicted octanol–water partition coefficient (Wildman–Crippen LogP) is 8.62. The quantitative estimate of drug-likeness (QED) is 0.254. The Balaban J connectivity index is 1.47. The van der Waals surface area contributed by atoms with Crippen LogP contribution < -0.4 is 0 Å². The lowest BCUT2D eigenvalue weighted by Crippen LogP contribution is -2.38. The van der Waals surface area contributed by atoms with Crippen LogP contribution in [0.2, 0.25) is 0 Å². The van der Waals surface area contributed by atoms with Gasteiger partial charge in [0, 0.05) is 0 Å². The average Bonchev–Trinajstić information content (AvgIpc) is 2.85. The smallest absolute Gasteiger partial charge is 0.311 e. The van der Waals surface area contributed by atoms with E-state index in [0.717, 1.165) is 37.0 Å². The molecule has 32 heavy (non-hydrogen) atoms. The number of esters is 1. The Morgan fingerprint density at radius 2 is 1.44 bits per heavy atom. The number of hydrogen-bond acceptors (Lipinski definition) is 2. The SMILES string of the molecule is CCCCCc1ccc(C2CCC(C3CCC(CCCCC)(C(=O)OC)CC3)CC2)cc1. The number of ether oxygens (including phenoxy) is 1. The van der Waals surface area contributed by atoms with Crippen LogP contribution in [0.3, 0.4) is 0 Å². The van der Waals surface area contributed by atoms with Crippen molar-refractivity contribution in [2.75, 3.05) is 7.11 Å². The van der Waals surface area contributed by atoms with E-state index < -0.39 is 0 Å². The number of aryl methyl sites for hydroxylation is 1. The lowest BCUT2D eigenvalue weighted by atomic mass is 9.62. The molecule has 0 spiro atoms. The molecule has 2 nitrogen and oxygen atoms in total. The van der Waals surface area contributed by atoms with Gasteiger partial charge in [0.15, 0.2) is 0 Å². The lowest BCUT2D eigenvalue weighted by molar-refractivity contribution is -0.156. The molecule has 2 heteroatoms. The normalized spacial score (nSPS) is 28.4. The first-order chi connectivity index (χ1) is 15.6. The summed E-state index contributed by atoms with van der Waals surface area (Å²) in [5, 5.41) is 0. The van der Waals surface area contributed by atoms with Crippen LogP contribution in [0.1, 0.15) is 127 Å². The van der Waals surface area contributed by atoms with Crippen molar-refractivity contribution in [3.63, 3.8) is 0 Å². The van der Waals surface area contributed by atoms with Crippen LogP contribution in [0.5, 0.6) is 0 Å². The van der Waals surface area contributed by atoms with Crippen LogP contribution in [-0.2, 0) is 16.0 Å². The summed E-state index contributed by atoms with van der Waals surface area (Å²) in [7, 11) is 1.58. The molecular weight excluding hydrogens is 392 g/mol. The van der Waals surface area contributed by atoms with Gasteiger partial charge in [0.2, 0.25) is 0 Å². The first-order valence-electron chi connectivity index (χ1n) is 13.8. The summed E-state index contributed by atoms with van der Waals surface area (Å²) >= 11 is 0. The molecule has 2 aliphatic carbocycles. The van der Waals surface area contributed by atoms with Crippen LogP contribution in [0.15, 0.2) is 24.3 Å². The van der Waals surface area contributed by atoms with Crippen molar-refractivity contribution in [2.24, 2.45) is 17.3 Å². The second-order valence-electron chi connectivity index (χ2n) is 10.9. The summed E-state index contributed by atoms with van der Waals surface area (Å²) in [6.45, 7) is 4.51. The molecule has 0 radical (unpaired) electrons. The second kappa shape index (κ2) is 12.8. The number of benzene rings is 1. The number of carbonyl (C=O) groups is 1. The summed E-state index contributed by atoms with van der Waals surface area (Å²) in [6, 6.07) is 9.58. The highest BCUT2D eigenvalue weighted by Gasteiger charge is 2.43. The third-order valence-corrected chi connectivity index (χ3v) is 8.82. The molecule has 180 valence electrons. The fraction of sp³-hybridized carbons (Fsp3) is 0.767. The van der Waals surface area contributed by atoms with E-state index in [1.807, 2.05) is 0 Å². The molecular formula is C30H48O2. The highest BCUT2D eigenvalue weighted by molar-refractivity contribution is 5.76. The van der Waals surface area contributed by atoms with Crippen LogP contribution in [0.25, 0.3) is 0 Å². The third kappa shape index (κ3) is 6.61. The standard InChI is InChI=1S/C30H48O2/c1-4-6-8-10-24-11-13-25(14-12-24)26-15-17-27(18-16-26)28-19-22-30(23-20-28,29(31)32-3)21-9-7-5-2/h11-14,26-28H,4-10,15-23H2,1-3H3. The van der Waals surface area contributed by atoms with Gasteiger partial charge in [-0.15, -0.1) is 0 Å². The number of rotatable bonds is 11. The fourth-order valence-electron chi connectivity index (χ4n) is 6.61. The maximum atomic E-state index is 12.6. The Morgan fingerprint density at radius 1 is 0.844 bits per heavy atom. The summed E-state index contributed by atoms with van der Waals surface area (Å²) in [6.07, 6.45) is 19.8. The van der Waals surface area contributed by atoms with Gasteiger partial charge in [0.1, 0.15) is 0 Å². The van der Waals surface area contributed by atoms with Crippen molar-refractivity contribution >= 4 is 5.97 Å². The van der Waals surface area contributed by atoms with E-state index in [1.54, 1.807) is 12.7 Å². The van der Waals surface area contributed by atoms with E-state index in [0.29, 0.717) is 0 Å². The zero-order valence-electron chi connectivity index (χ0n) is 21.2. The molecule has 1 aromatic rings. The van der Waals surface area contributed by atoms with E-state index >= 15 is 0 Å². The highest BCUT2D eigenvalue weighted by atomic mass is 16.5. The number of methoxy groups -OCH3 is 1. The average molecular weight is 441 g/mol. The minimum atomic E-state index is -0.184. The minimum Gasteiger partial charge on any atom is -0.469 e. The Labute approximate surface area is 197 Å². The first kappa shape index (κ1) is 25.3. The van der Waals surface area contributed by atoms with Crippen LogP contribution in [0.4, 0.5) is 0 Å². The summed E-state index contributed by atoms with van der Waals surface area (Å²) in [4.78, 5) is 12.6. The maximum absolute atomic E-state index is 12.6. The van der Waals surface area contributed by atoms with Gasteiger partial charge in [0.05, 0.1) is 12.5 Å². The second-order valence-corrected chi connectivity index (χ2v) is 10.9. The van der Waals surface area contributed by atoms with Gasteiger partial charge in [-0.25, -0.2) is 0 Å². The number of hydrogen-bond donors (Lipinski definition) is 0. The topological polar surface area (TPSA) is 26.3 Å².